The summed E-state index contributed by atoms with van der Waals surface area (Å²) in [7, 11) is -2.79. The average Bonchev–Trinajstić information content (AvgIpc) is 2.58. The third-order valence-corrected chi connectivity index (χ3v) is 6.13. The van der Waals surface area contributed by atoms with Crippen LogP contribution in [0.4, 0.5) is 0 Å². The first-order valence-electron chi connectivity index (χ1n) is 6.51. The fraction of sp³-hybridized carbons (Fsp3) is 1.00. The van der Waals surface area contributed by atoms with Gasteiger partial charge in [0.2, 0.25) is 0 Å². The van der Waals surface area contributed by atoms with E-state index in [0.29, 0.717) is 24.0 Å². The van der Waals surface area contributed by atoms with Gasteiger partial charge in [-0.3, -0.25) is 4.90 Å². The van der Waals surface area contributed by atoms with Gasteiger partial charge in [-0.15, -0.1) is 0 Å². The Morgan fingerprint density at radius 3 is 2.59 bits per heavy atom. The summed E-state index contributed by atoms with van der Waals surface area (Å²) in [5.41, 5.74) is 5.88. The Labute approximate surface area is 104 Å². The summed E-state index contributed by atoms with van der Waals surface area (Å²) in [6.07, 6.45) is 3.08. The highest BCUT2D eigenvalue weighted by molar-refractivity contribution is 7.91. The van der Waals surface area contributed by atoms with Crippen LogP contribution in [0.15, 0.2) is 0 Å². The third-order valence-electron chi connectivity index (χ3n) is 4.38. The van der Waals surface area contributed by atoms with Crippen molar-refractivity contribution in [2.75, 3.05) is 24.6 Å². The van der Waals surface area contributed by atoms with Gasteiger partial charge in [0.15, 0.2) is 9.84 Å². The molecule has 2 aliphatic rings. The van der Waals surface area contributed by atoms with Gasteiger partial charge >= 0.3 is 0 Å². The van der Waals surface area contributed by atoms with Gasteiger partial charge < -0.3 is 5.73 Å². The molecular formula is C12H24N2O2S. The van der Waals surface area contributed by atoms with Gasteiger partial charge in [-0.2, -0.15) is 0 Å². The molecule has 5 heteroatoms. The van der Waals surface area contributed by atoms with Gasteiger partial charge in [0.05, 0.1) is 11.5 Å². The molecule has 2 heterocycles. The quantitative estimate of drug-likeness (QED) is 0.791. The van der Waals surface area contributed by atoms with E-state index in [1.807, 2.05) is 0 Å². The van der Waals surface area contributed by atoms with E-state index in [1.54, 1.807) is 0 Å². The number of likely N-dealkylation sites (tertiary alicyclic amines) is 1. The van der Waals surface area contributed by atoms with Crippen LogP contribution in [0.25, 0.3) is 0 Å². The predicted molar refractivity (Wildman–Crippen MR) is 69.6 cm³/mol. The number of sulfone groups is 1. The number of hydrogen-bond acceptors (Lipinski definition) is 4. The molecule has 2 unspecified atom stereocenters. The van der Waals surface area contributed by atoms with E-state index in [9.17, 15) is 8.42 Å². The maximum absolute atomic E-state index is 11.6. The van der Waals surface area contributed by atoms with Crippen LogP contribution >= 0.6 is 0 Å². The molecule has 0 saturated carbocycles. The highest BCUT2D eigenvalue weighted by Crippen LogP contribution is 2.34. The summed E-state index contributed by atoms with van der Waals surface area (Å²) in [4.78, 5) is 2.40. The van der Waals surface area contributed by atoms with Gasteiger partial charge in [0, 0.05) is 18.1 Å². The summed E-state index contributed by atoms with van der Waals surface area (Å²) in [5, 5.41) is 0. The van der Waals surface area contributed by atoms with Crippen molar-refractivity contribution in [3.05, 3.63) is 0 Å². The lowest BCUT2D eigenvalue weighted by molar-refractivity contribution is 0.0172. The highest BCUT2D eigenvalue weighted by atomic mass is 32.2. The SMILES string of the molecule is CC1(C)CCC(CN)CN1C1CCS(=O)(=O)C1. The Hall–Kier alpha value is -0.130. The fourth-order valence-electron chi connectivity index (χ4n) is 3.17. The van der Waals surface area contributed by atoms with Gasteiger partial charge in [0.1, 0.15) is 0 Å². The molecule has 2 saturated heterocycles. The molecule has 0 aromatic heterocycles. The molecule has 2 N–H and O–H groups in total. The lowest BCUT2D eigenvalue weighted by Gasteiger charge is -2.48. The lowest BCUT2D eigenvalue weighted by atomic mass is 9.83. The number of hydrogen-bond donors (Lipinski definition) is 1. The minimum absolute atomic E-state index is 0.121. The number of nitrogens with zero attached hydrogens (tertiary/aromatic N) is 1. The van der Waals surface area contributed by atoms with Crippen LogP contribution < -0.4 is 5.73 Å². The maximum Gasteiger partial charge on any atom is 0.151 e. The van der Waals surface area contributed by atoms with E-state index < -0.39 is 9.84 Å². The molecule has 4 nitrogen and oxygen atoms in total. The number of rotatable bonds is 2. The van der Waals surface area contributed by atoms with Crippen LogP contribution in [-0.2, 0) is 9.84 Å². The van der Waals surface area contributed by atoms with E-state index in [1.165, 1.54) is 6.42 Å². The smallest absolute Gasteiger partial charge is 0.151 e. The van der Waals surface area contributed by atoms with Crippen LogP contribution in [-0.4, -0.2) is 49.5 Å². The molecule has 100 valence electrons. The van der Waals surface area contributed by atoms with Crippen LogP contribution in [0.3, 0.4) is 0 Å². The molecular weight excluding hydrogens is 236 g/mol. The van der Waals surface area contributed by atoms with Crippen molar-refractivity contribution in [3.63, 3.8) is 0 Å². The van der Waals surface area contributed by atoms with Crippen molar-refractivity contribution in [2.24, 2.45) is 11.7 Å². The molecule has 2 atom stereocenters. The summed E-state index contributed by atoms with van der Waals surface area (Å²) >= 11 is 0. The first kappa shape index (κ1) is 13.3. The molecule has 0 radical (unpaired) electrons. The van der Waals surface area contributed by atoms with E-state index in [0.717, 1.165) is 19.4 Å². The number of nitrogens with two attached hydrogens (primary N) is 1. The van der Waals surface area contributed by atoms with Crippen LogP contribution in [0.1, 0.15) is 33.1 Å². The van der Waals surface area contributed by atoms with Crippen molar-refractivity contribution in [1.82, 2.24) is 4.90 Å². The first-order chi connectivity index (χ1) is 7.84. The Morgan fingerprint density at radius 2 is 2.06 bits per heavy atom. The second-order valence-electron chi connectivity index (χ2n) is 6.16. The standard InChI is InChI=1S/C12H24N2O2S/c1-12(2)5-3-10(7-13)8-14(12)11-4-6-17(15,16)9-11/h10-11H,3-9,13H2,1-2H3. The Bertz CT molecular complexity index is 378. The lowest BCUT2D eigenvalue weighted by Crippen LogP contribution is -2.56. The molecule has 0 bridgehead atoms. The first-order valence-corrected chi connectivity index (χ1v) is 8.33. The maximum atomic E-state index is 11.6. The van der Waals surface area contributed by atoms with Gasteiger partial charge in [-0.05, 0) is 45.6 Å². The third kappa shape index (κ3) is 2.83. The van der Waals surface area contributed by atoms with E-state index >= 15 is 0 Å². The van der Waals surface area contributed by atoms with Gasteiger partial charge in [-0.25, -0.2) is 8.42 Å². The summed E-state index contributed by atoms with van der Waals surface area (Å²) < 4.78 is 23.2. The molecule has 2 fully saturated rings. The molecule has 2 aliphatic heterocycles. The van der Waals surface area contributed by atoms with Crippen molar-refractivity contribution in [3.8, 4) is 0 Å². The summed E-state index contributed by atoms with van der Waals surface area (Å²) in [6.45, 7) is 6.13. The Balaban J connectivity index is 2.11. The minimum Gasteiger partial charge on any atom is -0.330 e. The van der Waals surface area contributed by atoms with Crippen molar-refractivity contribution in [2.45, 2.75) is 44.7 Å². The van der Waals surface area contributed by atoms with E-state index in [4.69, 9.17) is 5.73 Å². The van der Waals surface area contributed by atoms with E-state index in [2.05, 4.69) is 18.7 Å². The van der Waals surface area contributed by atoms with Crippen molar-refractivity contribution < 1.29 is 8.42 Å². The monoisotopic (exact) mass is 260 g/mol. The zero-order valence-corrected chi connectivity index (χ0v) is 11.7. The Morgan fingerprint density at radius 1 is 1.35 bits per heavy atom. The topological polar surface area (TPSA) is 63.4 Å². The molecule has 0 aliphatic carbocycles. The summed E-state index contributed by atoms with van der Waals surface area (Å²) in [5.74, 6) is 1.23. The molecule has 17 heavy (non-hydrogen) atoms. The second-order valence-corrected chi connectivity index (χ2v) is 8.39. The molecule has 2 rings (SSSR count). The largest absolute Gasteiger partial charge is 0.330 e. The van der Waals surface area contributed by atoms with Crippen molar-refractivity contribution >= 4 is 9.84 Å². The summed E-state index contributed by atoms with van der Waals surface area (Å²) in [6, 6.07) is 0.212. The zero-order valence-electron chi connectivity index (χ0n) is 10.9. The molecule has 0 amide bonds. The van der Waals surface area contributed by atoms with Crippen LogP contribution in [0.2, 0.25) is 0 Å². The second kappa shape index (κ2) is 4.52. The minimum atomic E-state index is -2.79. The average molecular weight is 260 g/mol. The fourth-order valence-corrected chi connectivity index (χ4v) is 4.91. The molecule has 0 spiro atoms. The molecule has 0 aromatic carbocycles. The predicted octanol–water partition coefficient (Wildman–Crippen LogP) is 0.623. The van der Waals surface area contributed by atoms with E-state index in [-0.39, 0.29) is 11.6 Å². The highest BCUT2D eigenvalue weighted by Gasteiger charge is 2.41. The van der Waals surface area contributed by atoms with Crippen LogP contribution in [0.5, 0.6) is 0 Å². The van der Waals surface area contributed by atoms with Crippen LogP contribution in [0, 0.1) is 5.92 Å². The number of piperidine rings is 1. The zero-order chi connectivity index (χ0) is 12.7. The molecule has 0 aromatic rings. The van der Waals surface area contributed by atoms with Gasteiger partial charge in [0.25, 0.3) is 0 Å². The normalized spacial score (nSPS) is 37.1. The Kier molecular flexibility index (Phi) is 3.54. The van der Waals surface area contributed by atoms with Crippen molar-refractivity contribution in [1.29, 1.82) is 0 Å². The van der Waals surface area contributed by atoms with Gasteiger partial charge in [-0.1, -0.05) is 0 Å².